The molecule has 1 aromatic heterocycles. The Morgan fingerprint density at radius 3 is 2.48 bits per heavy atom. The lowest BCUT2D eigenvalue weighted by atomic mass is 9.87. The second-order valence-corrected chi connectivity index (χ2v) is 7.42. The second-order valence-electron chi connectivity index (χ2n) is 5.76. The Bertz CT molecular complexity index is 601. The number of carboxylic acid groups (broad SMARTS) is 1. The smallest absolute Gasteiger partial charge is 0.306 e. The fourth-order valence-corrected chi connectivity index (χ4v) is 3.72. The summed E-state index contributed by atoms with van der Waals surface area (Å²) in [6.45, 7) is 3.89. The number of sulfonamides is 1. The Morgan fingerprint density at radius 1 is 1.38 bits per heavy atom. The number of nitrogens with zero attached hydrogens (tertiary/aromatic N) is 2. The van der Waals surface area contributed by atoms with Crippen molar-refractivity contribution in [3.8, 4) is 0 Å². The van der Waals surface area contributed by atoms with Crippen molar-refractivity contribution in [2.24, 2.45) is 5.92 Å². The van der Waals surface area contributed by atoms with Gasteiger partial charge in [-0.1, -0.05) is 0 Å². The molecule has 1 heterocycles. The molecule has 8 heteroatoms. The molecule has 0 radical (unpaired) electrons. The monoisotopic (exact) mass is 315 g/mol. The molecular weight excluding hydrogens is 294 g/mol. The minimum absolute atomic E-state index is 0.0107. The molecule has 0 bridgehead atoms. The van der Waals surface area contributed by atoms with Gasteiger partial charge in [0, 0.05) is 18.3 Å². The molecule has 2 N–H and O–H groups in total. The molecular formula is C13H21N3O4S. The first kappa shape index (κ1) is 16.0. The minimum Gasteiger partial charge on any atom is -0.481 e. The summed E-state index contributed by atoms with van der Waals surface area (Å²) in [5.41, 5.74) is 0. The van der Waals surface area contributed by atoms with Gasteiger partial charge in [-0.25, -0.2) is 18.1 Å². The Labute approximate surface area is 124 Å². The molecule has 2 rings (SSSR count). The van der Waals surface area contributed by atoms with Gasteiger partial charge in [0.2, 0.25) is 0 Å². The molecule has 0 aliphatic heterocycles. The highest BCUT2D eigenvalue weighted by atomic mass is 32.2. The van der Waals surface area contributed by atoms with Crippen LogP contribution in [0.2, 0.25) is 0 Å². The van der Waals surface area contributed by atoms with Gasteiger partial charge < -0.3 is 9.67 Å². The Hall–Kier alpha value is -1.41. The van der Waals surface area contributed by atoms with E-state index in [9.17, 15) is 13.2 Å². The number of aromatic nitrogens is 2. The molecule has 0 unspecified atom stereocenters. The summed E-state index contributed by atoms with van der Waals surface area (Å²) in [5, 5.41) is 8.95. The number of imidazole rings is 1. The van der Waals surface area contributed by atoms with Crippen molar-refractivity contribution in [3.05, 3.63) is 12.5 Å². The Balaban J connectivity index is 2.00. The summed E-state index contributed by atoms with van der Waals surface area (Å²) >= 11 is 0. The second kappa shape index (κ2) is 6.15. The molecule has 1 fully saturated rings. The maximum Gasteiger partial charge on any atom is 0.306 e. The summed E-state index contributed by atoms with van der Waals surface area (Å²) in [7, 11) is -3.64. The lowest BCUT2D eigenvalue weighted by molar-refractivity contribution is -0.142. The maximum absolute atomic E-state index is 12.2. The zero-order valence-corrected chi connectivity index (χ0v) is 13.0. The summed E-state index contributed by atoms with van der Waals surface area (Å²) in [6, 6.07) is -0.0674. The molecule has 0 amide bonds. The van der Waals surface area contributed by atoms with Crippen molar-refractivity contribution in [2.45, 2.75) is 56.6 Å². The molecule has 7 nitrogen and oxygen atoms in total. The molecule has 118 valence electrons. The zero-order chi connectivity index (χ0) is 15.6. The van der Waals surface area contributed by atoms with Gasteiger partial charge in [-0.05, 0) is 39.5 Å². The number of rotatable bonds is 5. The Kier molecular flexibility index (Phi) is 4.67. The van der Waals surface area contributed by atoms with Gasteiger partial charge in [0.15, 0.2) is 5.03 Å². The van der Waals surface area contributed by atoms with Gasteiger partial charge in [-0.3, -0.25) is 4.79 Å². The van der Waals surface area contributed by atoms with Crippen molar-refractivity contribution < 1.29 is 18.3 Å². The van der Waals surface area contributed by atoms with E-state index in [0.717, 1.165) is 0 Å². The van der Waals surface area contributed by atoms with E-state index < -0.39 is 16.0 Å². The summed E-state index contributed by atoms with van der Waals surface area (Å²) in [5.74, 6) is -1.15. The van der Waals surface area contributed by atoms with E-state index in [1.165, 1.54) is 12.5 Å². The SMILES string of the molecule is CC(C)n1cnc(S(=O)(=O)NC2CCC(C(=O)O)CC2)c1. The molecule has 0 aromatic carbocycles. The summed E-state index contributed by atoms with van der Waals surface area (Å²) in [4.78, 5) is 14.8. The van der Waals surface area contributed by atoms with Crippen LogP contribution in [0.25, 0.3) is 0 Å². The predicted molar refractivity (Wildman–Crippen MR) is 76.3 cm³/mol. The highest BCUT2D eigenvalue weighted by molar-refractivity contribution is 7.89. The summed E-state index contributed by atoms with van der Waals surface area (Å²) < 4.78 is 28.9. The van der Waals surface area contributed by atoms with Crippen molar-refractivity contribution in [1.29, 1.82) is 0 Å². The van der Waals surface area contributed by atoms with Crippen LogP contribution < -0.4 is 4.72 Å². The van der Waals surface area contributed by atoms with E-state index in [-0.39, 0.29) is 23.0 Å². The van der Waals surface area contributed by atoms with Gasteiger partial charge in [-0.15, -0.1) is 0 Å². The molecule has 0 spiro atoms. The standard InChI is InChI=1S/C13H21N3O4S/c1-9(2)16-7-12(14-8-16)21(19,20)15-11-5-3-10(4-6-11)13(17)18/h7-11,15H,3-6H2,1-2H3,(H,17,18). The van der Waals surface area contributed by atoms with Crippen LogP contribution in [-0.4, -0.2) is 35.1 Å². The average molecular weight is 315 g/mol. The fraction of sp³-hybridized carbons (Fsp3) is 0.692. The van der Waals surface area contributed by atoms with E-state index in [4.69, 9.17) is 5.11 Å². The van der Waals surface area contributed by atoms with Crippen LogP contribution in [0.1, 0.15) is 45.6 Å². The number of carbonyl (C=O) groups is 1. The average Bonchev–Trinajstić information content (AvgIpc) is 2.89. The van der Waals surface area contributed by atoms with Crippen molar-refractivity contribution in [3.63, 3.8) is 0 Å². The van der Waals surface area contributed by atoms with Gasteiger partial charge in [0.25, 0.3) is 10.0 Å². The number of hydrogen-bond donors (Lipinski definition) is 2. The van der Waals surface area contributed by atoms with E-state index in [0.29, 0.717) is 25.7 Å². The quantitative estimate of drug-likeness (QED) is 0.855. The molecule has 1 saturated carbocycles. The topological polar surface area (TPSA) is 101 Å². The van der Waals surface area contributed by atoms with Gasteiger partial charge in [0.1, 0.15) is 0 Å². The maximum atomic E-state index is 12.2. The zero-order valence-electron chi connectivity index (χ0n) is 12.2. The molecule has 0 atom stereocenters. The number of nitrogens with one attached hydrogen (secondary N) is 1. The lowest BCUT2D eigenvalue weighted by Crippen LogP contribution is -2.38. The largest absolute Gasteiger partial charge is 0.481 e. The number of hydrogen-bond acceptors (Lipinski definition) is 4. The van der Waals surface area contributed by atoms with Gasteiger partial charge >= 0.3 is 5.97 Å². The van der Waals surface area contributed by atoms with Crippen LogP contribution in [0, 0.1) is 5.92 Å². The number of aliphatic carboxylic acids is 1. The third-order valence-electron chi connectivity index (χ3n) is 3.85. The molecule has 1 aliphatic carbocycles. The van der Waals surface area contributed by atoms with E-state index in [1.54, 1.807) is 4.57 Å². The van der Waals surface area contributed by atoms with Crippen molar-refractivity contribution >= 4 is 16.0 Å². The molecule has 21 heavy (non-hydrogen) atoms. The first-order chi connectivity index (χ1) is 9.79. The summed E-state index contributed by atoms with van der Waals surface area (Å²) in [6.07, 6.45) is 5.10. The Morgan fingerprint density at radius 2 is 2.00 bits per heavy atom. The third-order valence-corrected chi connectivity index (χ3v) is 5.25. The van der Waals surface area contributed by atoms with Crippen LogP contribution in [0.15, 0.2) is 17.6 Å². The van der Waals surface area contributed by atoms with Gasteiger partial charge in [0.05, 0.1) is 12.2 Å². The first-order valence-electron chi connectivity index (χ1n) is 7.08. The van der Waals surface area contributed by atoms with Crippen molar-refractivity contribution in [1.82, 2.24) is 14.3 Å². The van der Waals surface area contributed by atoms with Crippen LogP contribution in [0.3, 0.4) is 0 Å². The lowest BCUT2D eigenvalue weighted by Gasteiger charge is -2.26. The van der Waals surface area contributed by atoms with Crippen molar-refractivity contribution in [2.75, 3.05) is 0 Å². The fourth-order valence-electron chi connectivity index (χ4n) is 2.48. The van der Waals surface area contributed by atoms with E-state index in [2.05, 4.69) is 9.71 Å². The first-order valence-corrected chi connectivity index (χ1v) is 8.56. The predicted octanol–water partition coefficient (Wildman–Crippen LogP) is 1.39. The normalized spacial score (nSPS) is 23.4. The number of carboxylic acids is 1. The van der Waals surface area contributed by atoms with Crippen LogP contribution in [0.5, 0.6) is 0 Å². The third kappa shape index (κ3) is 3.82. The van der Waals surface area contributed by atoms with E-state index in [1.807, 2.05) is 13.8 Å². The molecule has 0 saturated heterocycles. The van der Waals surface area contributed by atoms with Crippen LogP contribution >= 0.6 is 0 Å². The molecule has 1 aliphatic rings. The minimum atomic E-state index is -3.64. The van der Waals surface area contributed by atoms with Gasteiger partial charge in [-0.2, -0.15) is 0 Å². The highest BCUT2D eigenvalue weighted by Gasteiger charge is 2.29. The van der Waals surface area contributed by atoms with E-state index >= 15 is 0 Å². The molecule has 1 aromatic rings. The van der Waals surface area contributed by atoms with Crippen LogP contribution in [0.4, 0.5) is 0 Å². The van der Waals surface area contributed by atoms with Crippen LogP contribution in [-0.2, 0) is 14.8 Å². The highest BCUT2D eigenvalue weighted by Crippen LogP contribution is 2.25.